The standard InChI is InChI=1S/C14H13N3OS/c1-19-13-5-3-2-4-12(13)18-14-16-10-7-6-9(15)8-11(10)17-14/h2-8H,15H2,1H3,(H,16,17). The van der Waals surface area contributed by atoms with Gasteiger partial charge in [0.25, 0.3) is 6.01 Å². The molecule has 3 aromatic rings. The van der Waals surface area contributed by atoms with Gasteiger partial charge in [0.05, 0.1) is 11.0 Å². The number of nitrogen functional groups attached to an aromatic ring is 1. The molecule has 0 fully saturated rings. The van der Waals surface area contributed by atoms with Gasteiger partial charge >= 0.3 is 0 Å². The predicted octanol–water partition coefficient (Wildman–Crippen LogP) is 3.66. The molecular weight excluding hydrogens is 258 g/mol. The van der Waals surface area contributed by atoms with Crippen LogP contribution in [0.4, 0.5) is 5.69 Å². The van der Waals surface area contributed by atoms with Crippen LogP contribution in [0.15, 0.2) is 47.4 Å². The van der Waals surface area contributed by atoms with Gasteiger partial charge in [-0.1, -0.05) is 12.1 Å². The zero-order valence-electron chi connectivity index (χ0n) is 10.4. The van der Waals surface area contributed by atoms with E-state index < -0.39 is 0 Å². The Bertz CT molecular complexity index is 724. The zero-order valence-corrected chi connectivity index (χ0v) is 11.2. The molecule has 1 heterocycles. The van der Waals surface area contributed by atoms with Crippen molar-refractivity contribution in [3.05, 3.63) is 42.5 Å². The van der Waals surface area contributed by atoms with Crippen molar-refractivity contribution in [2.75, 3.05) is 12.0 Å². The molecule has 0 amide bonds. The molecule has 0 saturated heterocycles. The van der Waals surface area contributed by atoms with Gasteiger partial charge in [-0.15, -0.1) is 11.8 Å². The van der Waals surface area contributed by atoms with Crippen LogP contribution in [0.1, 0.15) is 0 Å². The molecule has 0 aliphatic heterocycles. The minimum atomic E-state index is 0.474. The third kappa shape index (κ3) is 2.37. The molecule has 0 radical (unpaired) electrons. The smallest absolute Gasteiger partial charge is 0.300 e. The average molecular weight is 271 g/mol. The zero-order chi connectivity index (χ0) is 13.2. The summed E-state index contributed by atoms with van der Waals surface area (Å²) in [5, 5.41) is 0. The first-order chi connectivity index (χ1) is 9.26. The summed E-state index contributed by atoms with van der Waals surface area (Å²) in [4.78, 5) is 8.57. The molecule has 2 aromatic carbocycles. The molecule has 0 bridgehead atoms. The molecular formula is C14H13N3OS. The van der Waals surface area contributed by atoms with Crippen molar-refractivity contribution in [1.82, 2.24) is 9.97 Å². The molecule has 3 rings (SSSR count). The number of fused-ring (bicyclic) bond motifs is 1. The van der Waals surface area contributed by atoms with Crippen LogP contribution in [-0.4, -0.2) is 16.2 Å². The Hall–Kier alpha value is -2.14. The van der Waals surface area contributed by atoms with E-state index in [1.807, 2.05) is 48.7 Å². The lowest BCUT2D eigenvalue weighted by atomic mass is 10.3. The van der Waals surface area contributed by atoms with Crippen molar-refractivity contribution >= 4 is 28.5 Å². The van der Waals surface area contributed by atoms with Crippen molar-refractivity contribution < 1.29 is 4.74 Å². The second-order valence-corrected chi connectivity index (χ2v) is 4.92. The van der Waals surface area contributed by atoms with E-state index in [4.69, 9.17) is 10.5 Å². The number of aromatic amines is 1. The number of nitrogens with two attached hydrogens (primary N) is 1. The fraction of sp³-hybridized carbons (Fsp3) is 0.0714. The van der Waals surface area contributed by atoms with Crippen molar-refractivity contribution in [2.45, 2.75) is 4.90 Å². The van der Waals surface area contributed by atoms with Crippen LogP contribution in [-0.2, 0) is 0 Å². The highest BCUT2D eigenvalue weighted by Crippen LogP contribution is 2.30. The molecule has 0 spiro atoms. The topological polar surface area (TPSA) is 63.9 Å². The lowest BCUT2D eigenvalue weighted by Gasteiger charge is -2.05. The van der Waals surface area contributed by atoms with Gasteiger partial charge in [-0.3, -0.25) is 0 Å². The number of para-hydroxylation sites is 1. The first-order valence-corrected chi connectivity index (χ1v) is 7.05. The molecule has 19 heavy (non-hydrogen) atoms. The van der Waals surface area contributed by atoms with Crippen molar-refractivity contribution in [2.24, 2.45) is 0 Å². The maximum atomic E-state index is 5.80. The summed E-state index contributed by atoms with van der Waals surface area (Å²) >= 11 is 1.64. The van der Waals surface area contributed by atoms with Crippen LogP contribution in [0.5, 0.6) is 11.8 Å². The summed E-state index contributed by atoms with van der Waals surface area (Å²) in [6.07, 6.45) is 2.02. The average Bonchev–Trinajstić information content (AvgIpc) is 2.80. The molecule has 0 atom stereocenters. The summed E-state index contributed by atoms with van der Waals surface area (Å²) in [6, 6.07) is 13.9. The van der Waals surface area contributed by atoms with Crippen LogP contribution in [0.3, 0.4) is 0 Å². The minimum absolute atomic E-state index is 0.474. The second-order valence-electron chi connectivity index (χ2n) is 4.07. The van der Waals surface area contributed by atoms with Crippen LogP contribution < -0.4 is 10.5 Å². The SMILES string of the molecule is CSc1ccccc1Oc1nc2ccc(N)cc2[nH]1. The maximum Gasteiger partial charge on any atom is 0.300 e. The Balaban J connectivity index is 1.96. The number of aromatic nitrogens is 2. The second kappa shape index (κ2) is 4.85. The van der Waals surface area contributed by atoms with Gasteiger partial charge in [-0.25, -0.2) is 0 Å². The highest BCUT2D eigenvalue weighted by atomic mass is 32.2. The highest BCUT2D eigenvalue weighted by molar-refractivity contribution is 7.98. The lowest BCUT2D eigenvalue weighted by Crippen LogP contribution is -1.87. The van der Waals surface area contributed by atoms with Crippen molar-refractivity contribution in [1.29, 1.82) is 0 Å². The summed E-state index contributed by atoms with van der Waals surface area (Å²) in [7, 11) is 0. The third-order valence-corrected chi connectivity index (χ3v) is 3.54. The van der Waals surface area contributed by atoms with E-state index in [0.29, 0.717) is 11.7 Å². The van der Waals surface area contributed by atoms with E-state index >= 15 is 0 Å². The fourth-order valence-corrected chi connectivity index (χ4v) is 2.38. The van der Waals surface area contributed by atoms with Crippen LogP contribution in [0.25, 0.3) is 11.0 Å². The summed E-state index contributed by atoms with van der Waals surface area (Å²) in [6.45, 7) is 0. The number of rotatable bonds is 3. The number of imidazole rings is 1. The summed E-state index contributed by atoms with van der Waals surface area (Å²) in [5.74, 6) is 0.794. The molecule has 3 N–H and O–H groups in total. The molecule has 1 aromatic heterocycles. The van der Waals surface area contributed by atoms with Gasteiger partial charge in [-0.2, -0.15) is 4.98 Å². The molecule has 0 saturated carbocycles. The van der Waals surface area contributed by atoms with E-state index in [-0.39, 0.29) is 0 Å². The quantitative estimate of drug-likeness (QED) is 0.563. The monoisotopic (exact) mass is 271 g/mol. The van der Waals surface area contributed by atoms with E-state index in [0.717, 1.165) is 21.7 Å². The number of ether oxygens (including phenoxy) is 1. The first kappa shape index (κ1) is 11.9. The maximum absolute atomic E-state index is 5.80. The van der Waals surface area contributed by atoms with E-state index in [1.165, 1.54) is 0 Å². The van der Waals surface area contributed by atoms with Gasteiger partial charge in [0.2, 0.25) is 0 Å². The number of hydrogen-bond acceptors (Lipinski definition) is 4. The molecule has 4 nitrogen and oxygen atoms in total. The number of H-pyrrole nitrogens is 1. The molecule has 5 heteroatoms. The van der Waals surface area contributed by atoms with Gasteiger partial charge in [-0.05, 0) is 36.6 Å². The normalized spacial score (nSPS) is 10.8. The van der Waals surface area contributed by atoms with Gasteiger partial charge in [0.15, 0.2) is 0 Å². The minimum Gasteiger partial charge on any atom is -0.424 e. The van der Waals surface area contributed by atoms with Crippen molar-refractivity contribution in [3.8, 4) is 11.8 Å². The third-order valence-electron chi connectivity index (χ3n) is 2.76. The summed E-state index contributed by atoms with van der Waals surface area (Å²) in [5.41, 5.74) is 8.15. The van der Waals surface area contributed by atoms with Gasteiger partial charge < -0.3 is 15.5 Å². The molecule has 0 aliphatic carbocycles. The Kier molecular flexibility index (Phi) is 3.05. The largest absolute Gasteiger partial charge is 0.424 e. The Morgan fingerprint density at radius 2 is 2.05 bits per heavy atom. The predicted molar refractivity (Wildman–Crippen MR) is 78.8 cm³/mol. The number of benzene rings is 2. The molecule has 96 valence electrons. The van der Waals surface area contributed by atoms with E-state index in [1.54, 1.807) is 11.8 Å². The van der Waals surface area contributed by atoms with Crippen LogP contribution in [0, 0.1) is 0 Å². The summed E-state index contributed by atoms with van der Waals surface area (Å²) < 4.78 is 5.80. The fourth-order valence-electron chi connectivity index (χ4n) is 1.86. The highest BCUT2D eigenvalue weighted by Gasteiger charge is 2.07. The molecule has 0 aliphatic rings. The first-order valence-electron chi connectivity index (χ1n) is 5.82. The van der Waals surface area contributed by atoms with Crippen LogP contribution in [0.2, 0.25) is 0 Å². The number of hydrogen-bond donors (Lipinski definition) is 2. The van der Waals surface area contributed by atoms with Crippen LogP contribution >= 0.6 is 11.8 Å². The van der Waals surface area contributed by atoms with E-state index in [9.17, 15) is 0 Å². The Morgan fingerprint density at radius 1 is 1.21 bits per heavy atom. The Morgan fingerprint density at radius 3 is 2.89 bits per heavy atom. The van der Waals surface area contributed by atoms with Gasteiger partial charge in [0, 0.05) is 10.6 Å². The number of thioether (sulfide) groups is 1. The molecule has 0 unspecified atom stereocenters. The number of nitrogens with one attached hydrogen (secondary N) is 1. The lowest BCUT2D eigenvalue weighted by molar-refractivity contribution is 0.439. The van der Waals surface area contributed by atoms with Gasteiger partial charge in [0.1, 0.15) is 5.75 Å². The Labute approximate surface area is 115 Å². The number of nitrogens with zero attached hydrogens (tertiary/aromatic N) is 1. The van der Waals surface area contributed by atoms with E-state index in [2.05, 4.69) is 9.97 Å². The number of anilines is 1. The van der Waals surface area contributed by atoms with Crippen molar-refractivity contribution in [3.63, 3.8) is 0 Å².